The van der Waals surface area contributed by atoms with Crippen LogP contribution in [0.15, 0.2) is 39.5 Å². The molecule has 1 aliphatic carbocycles. The highest BCUT2D eigenvalue weighted by atomic mass is 127. The Labute approximate surface area is 129 Å². The molecule has 19 heavy (non-hydrogen) atoms. The van der Waals surface area contributed by atoms with Crippen molar-refractivity contribution in [1.29, 1.82) is 0 Å². The summed E-state index contributed by atoms with van der Waals surface area (Å²) in [5.74, 6) is 0.370. The van der Waals surface area contributed by atoms with Crippen LogP contribution in [0.4, 0.5) is 0 Å². The van der Waals surface area contributed by atoms with E-state index in [9.17, 15) is 4.79 Å². The zero-order valence-corrected chi connectivity index (χ0v) is 13.9. The van der Waals surface area contributed by atoms with Crippen LogP contribution in [0.5, 0.6) is 0 Å². The van der Waals surface area contributed by atoms with Gasteiger partial charge in [0.2, 0.25) is 0 Å². The van der Waals surface area contributed by atoms with E-state index in [2.05, 4.69) is 66.8 Å². The monoisotopic (exact) mass is 368 g/mol. The van der Waals surface area contributed by atoms with Gasteiger partial charge >= 0.3 is 0 Å². The van der Waals surface area contributed by atoms with Gasteiger partial charge < -0.3 is 0 Å². The van der Waals surface area contributed by atoms with Crippen LogP contribution in [0, 0.1) is 5.41 Å². The van der Waals surface area contributed by atoms with E-state index in [4.69, 9.17) is 0 Å². The third-order valence-electron chi connectivity index (χ3n) is 3.66. The van der Waals surface area contributed by atoms with E-state index in [0.29, 0.717) is 12.2 Å². The Hall–Kier alpha value is -0.640. The molecule has 0 saturated heterocycles. The summed E-state index contributed by atoms with van der Waals surface area (Å²) >= 11 is 2.38. The zero-order valence-electron chi connectivity index (χ0n) is 11.7. The largest absolute Gasteiger partial charge is 0.295 e. The average molecular weight is 368 g/mol. The quantitative estimate of drug-likeness (QED) is 0.535. The molecule has 1 nitrogen and oxygen atoms in total. The van der Waals surface area contributed by atoms with Gasteiger partial charge in [0.15, 0.2) is 5.78 Å². The van der Waals surface area contributed by atoms with Gasteiger partial charge in [-0.3, -0.25) is 4.79 Å². The van der Waals surface area contributed by atoms with Crippen LogP contribution in [-0.4, -0.2) is 5.78 Å². The molecule has 1 fully saturated rings. The van der Waals surface area contributed by atoms with Gasteiger partial charge in [-0.1, -0.05) is 44.2 Å². The van der Waals surface area contributed by atoms with Crippen molar-refractivity contribution in [3.05, 3.63) is 45.0 Å². The van der Waals surface area contributed by atoms with Crippen LogP contribution in [0.2, 0.25) is 0 Å². The van der Waals surface area contributed by atoms with Crippen molar-refractivity contribution >= 4 is 28.4 Å². The summed E-state index contributed by atoms with van der Waals surface area (Å²) in [6, 6.07) is 10.6. The molecular weight excluding hydrogens is 347 g/mol. The van der Waals surface area contributed by atoms with Crippen molar-refractivity contribution in [3.8, 4) is 0 Å². The molecule has 1 aromatic carbocycles. The lowest BCUT2D eigenvalue weighted by molar-refractivity contribution is -0.115. The molecule has 0 atom stereocenters. The van der Waals surface area contributed by atoms with Gasteiger partial charge in [-0.25, -0.2) is 0 Å². The minimum absolute atomic E-state index is 0.169. The van der Waals surface area contributed by atoms with Crippen molar-refractivity contribution in [2.24, 2.45) is 5.41 Å². The van der Waals surface area contributed by atoms with E-state index in [0.717, 1.165) is 31.3 Å². The molecule has 0 unspecified atom stereocenters. The van der Waals surface area contributed by atoms with Crippen LogP contribution in [0.3, 0.4) is 0 Å². The van der Waals surface area contributed by atoms with Gasteiger partial charge in [0.1, 0.15) is 0 Å². The van der Waals surface area contributed by atoms with Gasteiger partial charge in [0.25, 0.3) is 0 Å². The van der Waals surface area contributed by atoms with Gasteiger partial charge in [0.05, 0.1) is 0 Å². The first-order valence-electron chi connectivity index (χ1n) is 6.93. The third kappa shape index (κ3) is 4.16. The number of aryl methyl sites for hydroxylation is 1. The predicted octanol–water partition coefficient (Wildman–Crippen LogP) is 5.09. The Morgan fingerprint density at radius 3 is 2.47 bits per heavy atom. The maximum Gasteiger partial charge on any atom is 0.160 e. The first-order valence-corrected chi connectivity index (χ1v) is 8.00. The van der Waals surface area contributed by atoms with E-state index in [1.807, 2.05) is 0 Å². The lowest BCUT2D eigenvalue weighted by atomic mass is 9.91. The summed E-state index contributed by atoms with van der Waals surface area (Å²) < 4.78 is 1.28. The maximum absolute atomic E-state index is 12.0. The predicted molar refractivity (Wildman–Crippen MR) is 88.4 cm³/mol. The second-order valence-corrected chi connectivity index (χ2v) is 7.47. The van der Waals surface area contributed by atoms with Crippen molar-refractivity contribution in [2.75, 3.05) is 0 Å². The zero-order chi connectivity index (χ0) is 13.9. The number of carbonyl (C=O) groups is 1. The lowest BCUT2D eigenvalue weighted by Gasteiger charge is -2.13. The minimum Gasteiger partial charge on any atom is -0.295 e. The number of allylic oxidation sites excluding steroid dienone is 2. The number of Topliss-reactive ketones (excluding diaryl/α,β-unsaturated/α-hetero) is 1. The van der Waals surface area contributed by atoms with Gasteiger partial charge in [0, 0.05) is 12.0 Å². The van der Waals surface area contributed by atoms with Crippen molar-refractivity contribution < 1.29 is 4.79 Å². The fourth-order valence-corrected chi connectivity index (χ4v) is 3.54. The van der Waals surface area contributed by atoms with Gasteiger partial charge in [-0.15, -0.1) is 0 Å². The van der Waals surface area contributed by atoms with E-state index < -0.39 is 0 Å². The number of rotatable bonds is 4. The van der Waals surface area contributed by atoms with Crippen molar-refractivity contribution in [3.63, 3.8) is 0 Å². The normalized spacial score (nSPS) is 20.7. The minimum atomic E-state index is 0.169. The Morgan fingerprint density at radius 2 is 1.89 bits per heavy atom. The molecular formula is C17H21IO. The summed E-state index contributed by atoms with van der Waals surface area (Å²) in [5.41, 5.74) is 2.65. The SMILES string of the molecule is CC1(C)CC(=O)/C(=C(/I)CCCc2ccccc2)C1. The van der Waals surface area contributed by atoms with Crippen LogP contribution in [0.1, 0.15) is 45.1 Å². The van der Waals surface area contributed by atoms with E-state index in [-0.39, 0.29) is 5.41 Å². The Morgan fingerprint density at radius 1 is 1.21 bits per heavy atom. The fourth-order valence-electron chi connectivity index (χ4n) is 2.67. The van der Waals surface area contributed by atoms with E-state index >= 15 is 0 Å². The molecule has 1 aromatic rings. The standard InChI is InChI=1S/C17H21IO/c1-17(2)11-14(16(19)12-17)15(18)10-6-9-13-7-4-3-5-8-13/h3-5,7-8H,6,9-12H2,1-2H3/b15-14+. The smallest absolute Gasteiger partial charge is 0.160 e. The molecule has 0 amide bonds. The molecule has 0 N–H and O–H groups in total. The number of carbonyl (C=O) groups excluding carboxylic acids is 1. The fraction of sp³-hybridized carbons (Fsp3) is 0.471. The number of ketones is 1. The molecule has 0 bridgehead atoms. The van der Waals surface area contributed by atoms with Crippen molar-refractivity contribution in [1.82, 2.24) is 0 Å². The lowest BCUT2D eigenvalue weighted by Crippen LogP contribution is -2.04. The van der Waals surface area contributed by atoms with Crippen LogP contribution < -0.4 is 0 Å². The highest BCUT2D eigenvalue weighted by Gasteiger charge is 2.34. The molecule has 1 aliphatic rings. The Balaban J connectivity index is 1.91. The van der Waals surface area contributed by atoms with Crippen molar-refractivity contribution in [2.45, 2.75) is 46.0 Å². The third-order valence-corrected chi connectivity index (χ3v) is 4.85. The van der Waals surface area contributed by atoms with Crippen LogP contribution >= 0.6 is 22.6 Å². The number of hydrogen-bond donors (Lipinski definition) is 0. The Bertz CT molecular complexity index is 485. The summed E-state index contributed by atoms with van der Waals surface area (Å²) in [4.78, 5) is 12.0. The Kier molecular flexibility index (Phi) is 4.82. The van der Waals surface area contributed by atoms with Gasteiger partial charge in [-0.05, 0) is 62.8 Å². The molecule has 1 saturated carbocycles. The van der Waals surface area contributed by atoms with Gasteiger partial charge in [-0.2, -0.15) is 0 Å². The highest BCUT2D eigenvalue weighted by molar-refractivity contribution is 14.1. The number of halogens is 1. The molecule has 0 aromatic heterocycles. The second kappa shape index (κ2) is 6.21. The number of hydrogen-bond acceptors (Lipinski definition) is 1. The molecule has 0 heterocycles. The second-order valence-electron chi connectivity index (χ2n) is 6.16. The first kappa shape index (κ1) is 14.8. The number of benzene rings is 1. The molecule has 0 spiro atoms. The first-order chi connectivity index (χ1) is 8.98. The van der Waals surface area contributed by atoms with Crippen LogP contribution in [0.25, 0.3) is 0 Å². The molecule has 2 heteroatoms. The summed E-state index contributed by atoms with van der Waals surface area (Å²) in [5, 5.41) is 0. The topological polar surface area (TPSA) is 17.1 Å². The molecule has 0 aliphatic heterocycles. The van der Waals surface area contributed by atoms with E-state index in [1.54, 1.807) is 0 Å². The molecule has 2 rings (SSSR count). The van der Waals surface area contributed by atoms with E-state index in [1.165, 1.54) is 9.14 Å². The summed E-state index contributed by atoms with van der Waals surface area (Å²) in [6.45, 7) is 4.37. The highest BCUT2D eigenvalue weighted by Crippen LogP contribution is 2.41. The molecule has 0 radical (unpaired) electrons. The summed E-state index contributed by atoms with van der Waals surface area (Å²) in [6.07, 6.45) is 4.92. The maximum atomic E-state index is 12.0. The summed E-state index contributed by atoms with van der Waals surface area (Å²) in [7, 11) is 0. The molecule has 102 valence electrons. The van der Waals surface area contributed by atoms with Crippen LogP contribution in [-0.2, 0) is 11.2 Å². The average Bonchev–Trinajstić information content (AvgIpc) is 2.64.